The second-order valence-corrected chi connectivity index (χ2v) is 5.54. The highest BCUT2D eigenvalue weighted by Crippen LogP contribution is 2.41. The zero-order chi connectivity index (χ0) is 11.6. The number of carbonyl (C=O) groups is 1. The average molecular weight is 200 g/mol. The van der Waals surface area contributed by atoms with E-state index in [1.54, 1.807) is 0 Å². The van der Waals surface area contributed by atoms with Crippen LogP contribution in [0.15, 0.2) is 0 Å². The van der Waals surface area contributed by atoms with Crippen LogP contribution in [0.3, 0.4) is 0 Å². The van der Waals surface area contributed by atoms with Gasteiger partial charge in [0.15, 0.2) is 0 Å². The van der Waals surface area contributed by atoms with Crippen LogP contribution in [0.5, 0.6) is 0 Å². The molecule has 2 nitrogen and oxygen atoms in total. The van der Waals surface area contributed by atoms with E-state index in [9.17, 15) is 9.90 Å². The molecule has 0 spiro atoms. The molecule has 0 fully saturated rings. The third-order valence-corrected chi connectivity index (χ3v) is 3.71. The van der Waals surface area contributed by atoms with Gasteiger partial charge in [-0.15, -0.1) is 0 Å². The third-order valence-electron chi connectivity index (χ3n) is 3.71. The summed E-state index contributed by atoms with van der Waals surface area (Å²) in [5.74, 6) is -0.165. The van der Waals surface area contributed by atoms with Crippen molar-refractivity contribution in [1.29, 1.82) is 0 Å². The van der Waals surface area contributed by atoms with Crippen molar-refractivity contribution in [1.82, 2.24) is 0 Å². The summed E-state index contributed by atoms with van der Waals surface area (Å²) in [6, 6.07) is 0. The predicted octanol–water partition coefficient (Wildman–Crippen LogP) is 3.56. The van der Waals surface area contributed by atoms with Crippen LogP contribution in [0.2, 0.25) is 0 Å². The number of hydrogen-bond acceptors (Lipinski definition) is 1. The fraction of sp³-hybridized carbons (Fsp3) is 0.917. The molecule has 0 aromatic carbocycles. The summed E-state index contributed by atoms with van der Waals surface area (Å²) in [6.07, 6.45) is 1.43. The Morgan fingerprint density at radius 3 is 1.93 bits per heavy atom. The van der Waals surface area contributed by atoms with Gasteiger partial charge in [-0.25, -0.2) is 0 Å². The molecule has 1 atom stereocenters. The van der Waals surface area contributed by atoms with E-state index in [1.165, 1.54) is 0 Å². The Morgan fingerprint density at radius 2 is 1.71 bits per heavy atom. The molecule has 0 saturated carbocycles. The first kappa shape index (κ1) is 13.5. The number of rotatable bonds is 5. The highest BCUT2D eigenvalue weighted by molar-refractivity contribution is 5.74. The summed E-state index contributed by atoms with van der Waals surface area (Å²) >= 11 is 0. The standard InChI is InChI=1S/C12H24O2/c1-7-12(6,10(13)14)8-11(4,5)9(2)3/h9H,7-8H2,1-6H3,(H,13,14). The molecule has 1 N–H and O–H groups in total. The summed E-state index contributed by atoms with van der Waals surface area (Å²) in [7, 11) is 0. The monoisotopic (exact) mass is 200 g/mol. The minimum Gasteiger partial charge on any atom is -0.481 e. The number of aliphatic carboxylic acids is 1. The Morgan fingerprint density at radius 1 is 1.29 bits per heavy atom. The number of hydrogen-bond donors (Lipinski definition) is 1. The lowest BCUT2D eigenvalue weighted by Crippen LogP contribution is -2.35. The van der Waals surface area contributed by atoms with Gasteiger partial charge >= 0.3 is 5.97 Å². The Kier molecular flexibility index (Phi) is 4.16. The van der Waals surface area contributed by atoms with Gasteiger partial charge in [0.2, 0.25) is 0 Å². The molecule has 0 saturated heterocycles. The lowest BCUT2D eigenvalue weighted by Gasteiger charge is -2.37. The number of carboxylic acids is 1. The Labute approximate surface area is 87.7 Å². The molecule has 0 heterocycles. The van der Waals surface area contributed by atoms with Crippen LogP contribution < -0.4 is 0 Å². The summed E-state index contributed by atoms with van der Waals surface area (Å²) in [6.45, 7) is 12.4. The maximum atomic E-state index is 11.2. The van der Waals surface area contributed by atoms with E-state index in [4.69, 9.17) is 0 Å². The molecule has 84 valence electrons. The number of carboxylic acid groups (broad SMARTS) is 1. The molecule has 0 bridgehead atoms. The van der Waals surface area contributed by atoms with Crippen LogP contribution in [-0.2, 0) is 4.79 Å². The third kappa shape index (κ3) is 3.00. The van der Waals surface area contributed by atoms with Crippen molar-refractivity contribution in [2.24, 2.45) is 16.7 Å². The molecule has 0 aliphatic heterocycles. The quantitative estimate of drug-likeness (QED) is 0.736. The molecule has 14 heavy (non-hydrogen) atoms. The van der Waals surface area contributed by atoms with Crippen LogP contribution in [0.25, 0.3) is 0 Å². The van der Waals surface area contributed by atoms with Crippen molar-refractivity contribution in [3.05, 3.63) is 0 Å². The zero-order valence-electron chi connectivity index (χ0n) is 10.3. The normalized spacial score (nSPS) is 16.8. The largest absolute Gasteiger partial charge is 0.481 e. The van der Waals surface area contributed by atoms with Gasteiger partial charge in [0.25, 0.3) is 0 Å². The summed E-state index contributed by atoms with van der Waals surface area (Å²) in [4.78, 5) is 11.2. The fourth-order valence-electron chi connectivity index (χ4n) is 1.56. The molecule has 0 aliphatic carbocycles. The maximum Gasteiger partial charge on any atom is 0.309 e. The Hall–Kier alpha value is -0.530. The van der Waals surface area contributed by atoms with E-state index in [1.807, 2.05) is 13.8 Å². The smallest absolute Gasteiger partial charge is 0.309 e. The topological polar surface area (TPSA) is 37.3 Å². The van der Waals surface area contributed by atoms with E-state index in [-0.39, 0.29) is 5.41 Å². The molecular formula is C12H24O2. The minimum atomic E-state index is -0.672. The zero-order valence-corrected chi connectivity index (χ0v) is 10.3. The summed E-state index contributed by atoms with van der Waals surface area (Å²) in [5, 5.41) is 9.18. The Bertz CT molecular complexity index is 206. The average Bonchev–Trinajstić information content (AvgIpc) is 2.02. The van der Waals surface area contributed by atoms with Gasteiger partial charge in [-0.05, 0) is 31.1 Å². The van der Waals surface area contributed by atoms with Crippen molar-refractivity contribution in [2.45, 2.75) is 54.4 Å². The summed E-state index contributed by atoms with van der Waals surface area (Å²) < 4.78 is 0. The van der Waals surface area contributed by atoms with E-state index in [0.717, 1.165) is 6.42 Å². The van der Waals surface area contributed by atoms with Crippen molar-refractivity contribution in [2.75, 3.05) is 0 Å². The van der Waals surface area contributed by atoms with E-state index in [2.05, 4.69) is 27.7 Å². The van der Waals surface area contributed by atoms with Gasteiger partial charge in [-0.3, -0.25) is 4.79 Å². The van der Waals surface area contributed by atoms with Gasteiger partial charge in [0, 0.05) is 0 Å². The van der Waals surface area contributed by atoms with Gasteiger partial charge in [0.1, 0.15) is 0 Å². The van der Waals surface area contributed by atoms with Gasteiger partial charge in [-0.1, -0.05) is 34.6 Å². The van der Waals surface area contributed by atoms with Gasteiger partial charge in [-0.2, -0.15) is 0 Å². The van der Waals surface area contributed by atoms with Crippen molar-refractivity contribution in [3.63, 3.8) is 0 Å². The van der Waals surface area contributed by atoms with Crippen molar-refractivity contribution < 1.29 is 9.90 Å². The fourth-order valence-corrected chi connectivity index (χ4v) is 1.56. The van der Waals surface area contributed by atoms with E-state index >= 15 is 0 Å². The van der Waals surface area contributed by atoms with E-state index < -0.39 is 11.4 Å². The summed E-state index contributed by atoms with van der Waals surface area (Å²) in [5.41, 5.74) is -0.489. The van der Waals surface area contributed by atoms with Gasteiger partial charge in [0.05, 0.1) is 5.41 Å². The minimum absolute atomic E-state index is 0.0865. The Balaban J connectivity index is 4.70. The predicted molar refractivity (Wildman–Crippen MR) is 59.3 cm³/mol. The van der Waals surface area contributed by atoms with Crippen LogP contribution in [-0.4, -0.2) is 11.1 Å². The lowest BCUT2D eigenvalue weighted by atomic mass is 9.67. The molecular weight excluding hydrogens is 176 g/mol. The molecule has 1 unspecified atom stereocenters. The van der Waals surface area contributed by atoms with Crippen LogP contribution >= 0.6 is 0 Å². The van der Waals surface area contributed by atoms with E-state index in [0.29, 0.717) is 12.3 Å². The maximum absolute atomic E-state index is 11.2. The molecule has 0 aromatic rings. The first-order chi connectivity index (χ1) is 6.15. The molecule has 0 aromatic heterocycles. The molecule has 0 amide bonds. The highest BCUT2D eigenvalue weighted by Gasteiger charge is 2.38. The second kappa shape index (κ2) is 4.33. The molecule has 0 rings (SSSR count). The van der Waals surface area contributed by atoms with Crippen LogP contribution in [0, 0.1) is 16.7 Å². The lowest BCUT2D eigenvalue weighted by molar-refractivity contribution is -0.150. The first-order valence-corrected chi connectivity index (χ1v) is 5.39. The first-order valence-electron chi connectivity index (χ1n) is 5.39. The molecule has 0 aliphatic rings. The van der Waals surface area contributed by atoms with Crippen molar-refractivity contribution >= 4 is 5.97 Å². The highest BCUT2D eigenvalue weighted by atomic mass is 16.4. The second-order valence-electron chi connectivity index (χ2n) is 5.54. The SMILES string of the molecule is CCC(C)(CC(C)(C)C(C)C)C(=O)O. The molecule has 0 radical (unpaired) electrons. The van der Waals surface area contributed by atoms with Crippen molar-refractivity contribution in [3.8, 4) is 0 Å². The van der Waals surface area contributed by atoms with Gasteiger partial charge < -0.3 is 5.11 Å². The van der Waals surface area contributed by atoms with Crippen LogP contribution in [0.1, 0.15) is 54.4 Å². The van der Waals surface area contributed by atoms with Crippen LogP contribution in [0.4, 0.5) is 0 Å². The molecule has 2 heteroatoms.